The Balaban J connectivity index is 1.79. The molecule has 0 fully saturated rings. The van der Waals surface area contributed by atoms with E-state index in [1.807, 2.05) is 49.4 Å². The number of rotatable bonds is 4. The third kappa shape index (κ3) is 3.43. The van der Waals surface area contributed by atoms with Crippen molar-refractivity contribution < 1.29 is 9.32 Å². The van der Waals surface area contributed by atoms with Crippen molar-refractivity contribution in [3.63, 3.8) is 0 Å². The molecule has 0 saturated heterocycles. The van der Waals surface area contributed by atoms with Crippen molar-refractivity contribution in [2.75, 3.05) is 0 Å². The monoisotopic (exact) mass is 326 g/mol. The summed E-state index contributed by atoms with van der Waals surface area (Å²) in [5.41, 5.74) is 2.76. The highest BCUT2D eigenvalue weighted by molar-refractivity contribution is 6.30. The molecule has 0 bridgehead atoms. The zero-order chi connectivity index (χ0) is 16.2. The van der Waals surface area contributed by atoms with Crippen LogP contribution in [0.5, 0.6) is 0 Å². The van der Waals surface area contributed by atoms with E-state index in [4.69, 9.17) is 16.1 Å². The first kappa shape index (κ1) is 15.3. The molecule has 0 saturated carbocycles. The number of carbonyl (C=O) groups excluding carboxylic acids is 1. The van der Waals surface area contributed by atoms with Gasteiger partial charge in [-0.1, -0.05) is 59.2 Å². The molecule has 0 aliphatic rings. The van der Waals surface area contributed by atoms with Gasteiger partial charge < -0.3 is 9.84 Å². The van der Waals surface area contributed by atoms with Crippen molar-refractivity contribution in [1.29, 1.82) is 0 Å². The Hall–Kier alpha value is -2.59. The second-order valence-electron chi connectivity index (χ2n) is 5.19. The molecule has 1 aromatic heterocycles. The predicted octanol–water partition coefficient (Wildman–Crippen LogP) is 4.49. The first-order chi connectivity index (χ1) is 11.1. The summed E-state index contributed by atoms with van der Waals surface area (Å²) in [7, 11) is 0. The molecule has 0 spiro atoms. The highest BCUT2D eigenvalue weighted by Gasteiger charge is 2.19. The molecule has 116 valence electrons. The lowest BCUT2D eigenvalue weighted by molar-refractivity contribution is 0.0940. The van der Waals surface area contributed by atoms with Gasteiger partial charge in [0.15, 0.2) is 0 Å². The zero-order valence-electron chi connectivity index (χ0n) is 12.5. The fraction of sp³-hybridized carbons (Fsp3) is 0.111. The largest absolute Gasteiger partial charge is 0.363 e. The van der Waals surface area contributed by atoms with Crippen LogP contribution in [0.3, 0.4) is 0 Å². The summed E-state index contributed by atoms with van der Waals surface area (Å²) in [6.45, 7) is 1.91. The van der Waals surface area contributed by atoms with Gasteiger partial charge >= 0.3 is 0 Å². The third-order valence-electron chi connectivity index (χ3n) is 3.58. The standard InChI is InChI=1S/C18H15ClN2O2/c1-12(13-7-9-15(19)10-8-13)20-18(22)16-11-23-21-17(16)14-5-3-2-4-6-14/h2-12H,1H3,(H,20,22)/t12-/m0/s1. The van der Waals surface area contributed by atoms with Gasteiger partial charge in [0, 0.05) is 10.6 Å². The molecule has 1 atom stereocenters. The Labute approximate surface area is 139 Å². The average Bonchev–Trinajstić information content (AvgIpc) is 3.06. The van der Waals surface area contributed by atoms with Gasteiger partial charge in [-0.3, -0.25) is 4.79 Å². The minimum absolute atomic E-state index is 0.154. The van der Waals surface area contributed by atoms with E-state index in [1.165, 1.54) is 6.26 Å². The summed E-state index contributed by atoms with van der Waals surface area (Å²) in [6.07, 6.45) is 1.37. The van der Waals surface area contributed by atoms with Crippen molar-refractivity contribution in [3.05, 3.63) is 77.0 Å². The number of hydrogen-bond acceptors (Lipinski definition) is 3. The smallest absolute Gasteiger partial charge is 0.257 e. The second-order valence-corrected chi connectivity index (χ2v) is 5.63. The molecule has 0 aliphatic heterocycles. The Morgan fingerprint density at radius 2 is 1.83 bits per heavy atom. The molecule has 0 radical (unpaired) electrons. The fourth-order valence-electron chi connectivity index (χ4n) is 2.31. The van der Waals surface area contributed by atoms with Gasteiger partial charge in [0.2, 0.25) is 0 Å². The average molecular weight is 327 g/mol. The van der Waals surface area contributed by atoms with E-state index in [9.17, 15) is 4.79 Å². The molecule has 0 aliphatic carbocycles. The summed E-state index contributed by atoms with van der Waals surface area (Å²) in [5, 5.41) is 7.56. The van der Waals surface area contributed by atoms with Crippen molar-refractivity contribution in [2.24, 2.45) is 0 Å². The van der Waals surface area contributed by atoms with Gasteiger partial charge in [0.25, 0.3) is 5.91 Å². The van der Waals surface area contributed by atoms with E-state index >= 15 is 0 Å². The Morgan fingerprint density at radius 1 is 1.13 bits per heavy atom. The van der Waals surface area contributed by atoms with Crippen molar-refractivity contribution in [2.45, 2.75) is 13.0 Å². The summed E-state index contributed by atoms with van der Waals surface area (Å²) in [4.78, 5) is 12.5. The van der Waals surface area contributed by atoms with Crippen LogP contribution < -0.4 is 5.32 Å². The van der Waals surface area contributed by atoms with Crippen molar-refractivity contribution in [3.8, 4) is 11.3 Å². The molecule has 1 amide bonds. The number of halogens is 1. The van der Waals surface area contributed by atoms with Gasteiger partial charge in [-0.05, 0) is 24.6 Å². The lowest BCUT2D eigenvalue weighted by Crippen LogP contribution is -2.26. The molecule has 3 rings (SSSR count). The van der Waals surface area contributed by atoms with Crippen LogP contribution in [0.2, 0.25) is 5.02 Å². The minimum atomic E-state index is -0.229. The summed E-state index contributed by atoms with van der Waals surface area (Å²) < 4.78 is 5.00. The Kier molecular flexibility index (Phi) is 4.44. The molecule has 5 heteroatoms. The topological polar surface area (TPSA) is 55.1 Å². The van der Waals surface area contributed by atoms with Crippen LogP contribution in [0, 0.1) is 0 Å². The number of amides is 1. The van der Waals surface area contributed by atoms with Crippen LogP contribution in [-0.4, -0.2) is 11.1 Å². The Morgan fingerprint density at radius 3 is 2.52 bits per heavy atom. The second kappa shape index (κ2) is 6.67. The number of benzene rings is 2. The molecule has 1 heterocycles. The van der Waals surface area contributed by atoms with E-state index in [0.717, 1.165) is 11.1 Å². The van der Waals surface area contributed by atoms with Crippen molar-refractivity contribution in [1.82, 2.24) is 10.5 Å². The van der Waals surface area contributed by atoms with Crippen LogP contribution in [0.25, 0.3) is 11.3 Å². The van der Waals surface area contributed by atoms with Gasteiger partial charge in [-0.15, -0.1) is 0 Å². The highest BCUT2D eigenvalue weighted by atomic mass is 35.5. The first-order valence-corrected chi connectivity index (χ1v) is 7.59. The molecular formula is C18H15ClN2O2. The van der Waals surface area contributed by atoms with Gasteiger partial charge in [0.05, 0.1) is 6.04 Å². The van der Waals surface area contributed by atoms with Gasteiger partial charge in [-0.2, -0.15) is 0 Å². The Bertz CT molecular complexity index is 797. The molecule has 23 heavy (non-hydrogen) atoms. The lowest BCUT2D eigenvalue weighted by Gasteiger charge is -2.14. The maximum Gasteiger partial charge on any atom is 0.257 e. The lowest BCUT2D eigenvalue weighted by atomic mass is 10.1. The quantitative estimate of drug-likeness (QED) is 0.768. The van der Waals surface area contributed by atoms with E-state index in [1.54, 1.807) is 12.1 Å². The molecule has 0 unspecified atom stereocenters. The van der Waals surface area contributed by atoms with E-state index in [-0.39, 0.29) is 11.9 Å². The summed E-state index contributed by atoms with van der Waals surface area (Å²) in [6, 6.07) is 16.7. The highest BCUT2D eigenvalue weighted by Crippen LogP contribution is 2.23. The van der Waals surface area contributed by atoms with E-state index in [2.05, 4.69) is 10.5 Å². The van der Waals surface area contributed by atoms with Crippen molar-refractivity contribution >= 4 is 17.5 Å². The number of carbonyl (C=O) groups is 1. The van der Waals surface area contributed by atoms with Crippen LogP contribution >= 0.6 is 11.6 Å². The van der Waals surface area contributed by atoms with Gasteiger partial charge in [-0.25, -0.2) is 0 Å². The molecule has 4 nitrogen and oxygen atoms in total. The number of hydrogen-bond donors (Lipinski definition) is 1. The van der Waals surface area contributed by atoms with E-state index in [0.29, 0.717) is 16.3 Å². The number of aromatic nitrogens is 1. The van der Waals surface area contributed by atoms with E-state index < -0.39 is 0 Å². The number of nitrogens with zero attached hydrogens (tertiary/aromatic N) is 1. The molecule has 1 N–H and O–H groups in total. The summed E-state index contributed by atoms with van der Waals surface area (Å²) >= 11 is 5.88. The van der Waals surface area contributed by atoms with Crippen LogP contribution in [0.1, 0.15) is 28.9 Å². The first-order valence-electron chi connectivity index (χ1n) is 7.21. The van der Waals surface area contributed by atoms with Gasteiger partial charge in [0.1, 0.15) is 17.5 Å². The van der Waals surface area contributed by atoms with Crippen LogP contribution in [0.4, 0.5) is 0 Å². The molecule has 3 aromatic rings. The van der Waals surface area contributed by atoms with Crippen LogP contribution in [0.15, 0.2) is 65.4 Å². The zero-order valence-corrected chi connectivity index (χ0v) is 13.2. The number of nitrogens with one attached hydrogen (secondary N) is 1. The minimum Gasteiger partial charge on any atom is -0.363 e. The SMILES string of the molecule is C[C@H](NC(=O)c1conc1-c1ccccc1)c1ccc(Cl)cc1. The predicted molar refractivity (Wildman–Crippen MR) is 89.3 cm³/mol. The molecule has 2 aromatic carbocycles. The fourth-order valence-corrected chi connectivity index (χ4v) is 2.44. The normalized spacial score (nSPS) is 11.9. The molecular weight excluding hydrogens is 312 g/mol. The summed E-state index contributed by atoms with van der Waals surface area (Å²) in [5.74, 6) is -0.229. The maximum atomic E-state index is 12.5. The van der Waals surface area contributed by atoms with Crippen LogP contribution in [-0.2, 0) is 0 Å². The third-order valence-corrected chi connectivity index (χ3v) is 3.83. The maximum absolute atomic E-state index is 12.5.